The summed E-state index contributed by atoms with van der Waals surface area (Å²) in [6, 6.07) is 14.0. The summed E-state index contributed by atoms with van der Waals surface area (Å²) in [5, 5.41) is 34.0. The molecule has 4 aromatic rings. The first kappa shape index (κ1) is 44.9. The number of nitrogens with one attached hydrogen (secondary N) is 1. The van der Waals surface area contributed by atoms with Gasteiger partial charge in [0, 0.05) is 43.7 Å². The minimum atomic E-state index is -1.64. The van der Waals surface area contributed by atoms with Crippen LogP contribution in [0.2, 0.25) is 0 Å². The Balaban J connectivity index is 0.000000224. The first-order chi connectivity index (χ1) is 28.5. The van der Waals surface area contributed by atoms with Crippen LogP contribution < -0.4 is 24.3 Å². The van der Waals surface area contributed by atoms with Gasteiger partial charge in [-0.05, 0) is 85.0 Å². The summed E-state index contributed by atoms with van der Waals surface area (Å²) in [4.78, 5) is 42.9. The summed E-state index contributed by atoms with van der Waals surface area (Å²) in [6.07, 6.45) is 2.52. The van der Waals surface area contributed by atoms with Gasteiger partial charge in [0.05, 0.1) is 49.7 Å². The minimum absolute atomic E-state index is 0.0153. The van der Waals surface area contributed by atoms with Crippen molar-refractivity contribution in [3.05, 3.63) is 65.1 Å². The Hall–Kier alpha value is -5.23. The number of methoxy groups -OCH3 is 1. The maximum absolute atomic E-state index is 12.9. The molecule has 17 nitrogen and oxygen atoms in total. The van der Waals surface area contributed by atoms with Gasteiger partial charge in [-0.2, -0.15) is 5.26 Å². The fourth-order valence-corrected chi connectivity index (χ4v) is 9.18. The molecule has 4 heterocycles. The van der Waals surface area contributed by atoms with Gasteiger partial charge in [0.25, 0.3) is 11.6 Å². The lowest BCUT2D eigenvalue weighted by atomic mass is 9.98. The predicted molar refractivity (Wildman–Crippen MR) is 224 cm³/mol. The number of aromatic nitrogens is 5. The SMILES string of the molecule is CCOc1ccc(Cc2nccc3cc(OCC)c(OCC)cc23)cc1OCC.CO[C@@]1(NC(=O)CSCC#N)C(=O)N2C(C(=O)O)=C(CSc3nnnn3C)CS[C@@H]21. The molecule has 59 heavy (non-hydrogen) atoms. The average molecular weight is 867 g/mol. The zero-order chi connectivity index (χ0) is 42.5. The number of hydrogen-bond acceptors (Lipinski definition) is 16. The molecule has 0 spiro atoms. The highest BCUT2D eigenvalue weighted by Crippen LogP contribution is 2.47. The number of pyridine rings is 1. The Kier molecular flexibility index (Phi) is 16.1. The number of thioether (sulfide) groups is 3. The van der Waals surface area contributed by atoms with Gasteiger partial charge in [0.15, 0.2) is 23.0 Å². The van der Waals surface area contributed by atoms with E-state index in [0.717, 1.165) is 61.7 Å². The van der Waals surface area contributed by atoms with Crippen molar-refractivity contribution in [2.75, 3.05) is 56.5 Å². The molecule has 314 valence electrons. The minimum Gasteiger partial charge on any atom is -0.490 e. The lowest BCUT2D eigenvalue weighted by molar-refractivity contribution is -0.192. The number of benzene rings is 2. The second-order valence-electron chi connectivity index (χ2n) is 12.6. The highest BCUT2D eigenvalue weighted by molar-refractivity contribution is 8.01. The molecular formula is C39H46N8O9S3. The summed E-state index contributed by atoms with van der Waals surface area (Å²) in [5.74, 6) is 1.43. The van der Waals surface area contributed by atoms with Crippen molar-refractivity contribution in [1.29, 1.82) is 5.26 Å². The van der Waals surface area contributed by atoms with Gasteiger partial charge in [-0.15, -0.1) is 28.6 Å². The smallest absolute Gasteiger partial charge is 0.352 e. The fourth-order valence-electron chi connectivity index (χ4n) is 6.30. The quantitative estimate of drug-likeness (QED) is 0.0566. The van der Waals surface area contributed by atoms with E-state index in [4.69, 9.17) is 28.9 Å². The van der Waals surface area contributed by atoms with Gasteiger partial charge in [0.1, 0.15) is 11.1 Å². The molecule has 0 radical (unpaired) electrons. The zero-order valence-corrected chi connectivity index (χ0v) is 36.0. The summed E-state index contributed by atoms with van der Waals surface area (Å²) in [7, 11) is 2.96. The Bertz CT molecular complexity index is 2220. The Morgan fingerprint density at radius 3 is 2.32 bits per heavy atom. The number of carbonyl (C=O) groups is 3. The monoisotopic (exact) mass is 866 g/mol. The molecule has 20 heteroatoms. The molecule has 2 N–H and O–H groups in total. The van der Waals surface area contributed by atoms with E-state index in [-0.39, 0.29) is 23.0 Å². The number of carbonyl (C=O) groups excluding carboxylic acids is 2. The maximum Gasteiger partial charge on any atom is 0.352 e. The number of carboxylic acid groups (broad SMARTS) is 1. The highest BCUT2D eigenvalue weighted by Gasteiger charge is 2.66. The van der Waals surface area contributed by atoms with E-state index in [0.29, 0.717) is 49.3 Å². The molecule has 2 aliphatic heterocycles. The number of ether oxygens (including phenoxy) is 5. The Labute approximate surface area is 354 Å². The third-order valence-electron chi connectivity index (χ3n) is 8.81. The van der Waals surface area contributed by atoms with E-state index in [1.54, 1.807) is 7.05 Å². The van der Waals surface area contributed by atoms with Gasteiger partial charge in [-0.1, -0.05) is 17.8 Å². The third-order valence-corrected chi connectivity index (χ3v) is 12.1. The van der Waals surface area contributed by atoms with Crippen LogP contribution >= 0.6 is 35.3 Å². The van der Waals surface area contributed by atoms with E-state index in [1.807, 2.05) is 70.3 Å². The van der Waals surface area contributed by atoms with Gasteiger partial charge in [0.2, 0.25) is 11.1 Å². The number of nitriles is 1. The van der Waals surface area contributed by atoms with Crippen molar-refractivity contribution in [3.63, 3.8) is 0 Å². The van der Waals surface area contributed by atoms with Crippen LogP contribution in [0, 0.1) is 11.3 Å². The summed E-state index contributed by atoms with van der Waals surface area (Å²) < 4.78 is 29.8. The Morgan fingerprint density at radius 1 is 1.02 bits per heavy atom. The third kappa shape index (κ3) is 10.3. The molecule has 0 unspecified atom stereocenters. The van der Waals surface area contributed by atoms with Crippen LogP contribution in [0.3, 0.4) is 0 Å². The summed E-state index contributed by atoms with van der Waals surface area (Å²) in [6.45, 7) is 10.3. The first-order valence-electron chi connectivity index (χ1n) is 18.7. The van der Waals surface area contributed by atoms with Gasteiger partial charge in [-0.25, -0.2) is 9.48 Å². The number of tetrazole rings is 1. The van der Waals surface area contributed by atoms with Crippen LogP contribution in [0.4, 0.5) is 0 Å². The van der Waals surface area contributed by atoms with Crippen molar-refractivity contribution in [1.82, 2.24) is 35.4 Å². The Morgan fingerprint density at radius 2 is 1.69 bits per heavy atom. The van der Waals surface area contributed by atoms with Crippen LogP contribution in [0.25, 0.3) is 10.8 Å². The maximum atomic E-state index is 12.9. The number of aryl methyl sites for hydroxylation is 1. The van der Waals surface area contributed by atoms with Crippen LogP contribution in [-0.4, -0.2) is 121 Å². The van der Waals surface area contributed by atoms with Crippen molar-refractivity contribution in [3.8, 4) is 29.1 Å². The van der Waals surface area contributed by atoms with Crippen molar-refractivity contribution in [2.45, 2.75) is 50.4 Å². The zero-order valence-electron chi connectivity index (χ0n) is 33.6. The van der Waals surface area contributed by atoms with Crippen molar-refractivity contribution >= 4 is 63.8 Å². The van der Waals surface area contributed by atoms with Gasteiger partial charge >= 0.3 is 5.97 Å². The van der Waals surface area contributed by atoms with E-state index >= 15 is 0 Å². The van der Waals surface area contributed by atoms with Crippen LogP contribution in [0.15, 0.2) is 59.0 Å². The van der Waals surface area contributed by atoms with Crippen molar-refractivity contribution in [2.24, 2.45) is 7.05 Å². The lowest BCUT2D eigenvalue weighted by Crippen LogP contribution is -2.80. The largest absolute Gasteiger partial charge is 0.490 e. The number of carboxylic acids is 1. The summed E-state index contributed by atoms with van der Waals surface area (Å²) >= 11 is 3.67. The molecule has 2 aliphatic rings. The van der Waals surface area contributed by atoms with Crippen LogP contribution in [0.1, 0.15) is 39.0 Å². The standard InChI is InChI=1S/C24H29NO4.C15H17N7O5S3/c1-5-26-21-10-9-17(14-22(21)27-6-2)13-20-19-16-24(29-8-4)23(28-7-3)15-18(19)11-12-25-20;1-21-14(18-19-20-21)30-6-8-5-29-13-15(27-2,17-9(23)7-28-4-3-16)12(26)22(13)10(8)11(24)25/h9-12,14-16H,5-8,13H2,1-4H3;13H,4-7H2,1-2H3,(H,17,23)(H,24,25)/t;13-,15+/m.1/s1. The molecule has 0 bridgehead atoms. The first-order valence-corrected chi connectivity index (χ1v) is 21.9. The number of aliphatic carboxylic acids is 1. The number of fused-ring (bicyclic) bond motifs is 2. The van der Waals surface area contributed by atoms with E-state index in [1.165, 1.54) is 35.3 Å². The molecule has 2 amide bonds. The number of β-lactam (4-membered cyclic amide) rings is 1. The molecule has 1 saturated heterocycles. The van der Waals surface area contributed by atoms with Crippen molar-refractivity contribution < 1.29 is 43.2 Å². The second-order valence-corrected chi connectivity index (χ2v) is 15.6. The predicted octanol–water partition coefficient (Wildman–Crippen LogP) is 4.69. The average Bonchev–Trinajstić information content (AvgIpc) is 3.64. The number of hydrogen-bond donors (Lipinski definition) is 2. The molecule has 1 fully saturated rings. The van der Waals surface area contributed by atoms with Gasteiger partial charge in [-0.3, -0.25) is 19.5 Å². The van der Waals surface area contributed by atoms with Crippen LogP contribution in [-0.2, 0) is 32.6 Å². The number of amides is 2. The molecule has 0 saturated carbocycles. The topological polar surface area (TPSA) is 213 Å². The molecular weight excluding hydrogens is 821 g/mol. The van der Waals surface area contributed by atoms with E-state index in [2.05, 4.69) is 31.9 Å². The van der Waals surface area contributed by atoms with Gasteiger partial charge < -0.3 is 34.1 Å². The molecule has 2 atom stereocenters. The van der Waals surface area contributed by atoms with E-state index < -0.39 is 28.9 Å². The molecule has 6 rings (SSSR count). The van der Waals surface area contributed by atoms with E-state index in [9.17, 15) is 19.5 Å². The molecule has 2 aromatic carbocycles. The highest BCUT2D eigenvalue weighted by atomic mass is 32.2. The van der Waals surface area contributed by atoms with Crippen LogP contribution in [0.5, 0.6) is 23.0 Å². The lowest BCUT2D eigenvalue weighted by Gasteiger charge is -2.55. The molecule has 0 aliphatic carbocycles. The summed E-state index contributed by atoms with van der Waals surface area (Å²) in [5.41, 5.74) is 0.890. The number of rotatable bonds is 19. The second kappa shape index (κ2) is 21.2. The molecule has 2 aromatic heterocycles. The normalized spacial score (nSPS) is 16.9. The number of nitrogens with zero attached hydrogens (tertiary/aromatic N) is 7. The fraction of sp³-hybridized carbons (Fsp3) is 0.436.